The van der Waals surface area contributed by atoms with Gasteiger partial charge in [-0.2, -0.15) is 15.0 Å². The van der Waals surface area contributed by atoms with E-state index in [2.05, 4.69) is 10.2 Å². The van der Waals surface area contributed by atoms with Crippen molar-refractivity contribution >= 4 is 16.9 Å². The van der Waals surface area contributed by atoms with Crippen molar-refractivity contribution in [3.05, 3.63) is 24.3 Å². The zero-order chi connectivity index (χ0) is 16.6. The first kappa shape index (κ1) is 15.5. The molecule has 0 saturated carbocycles. The van der Waals surface area contributed by atoms with Crippen molar-refractivity contribution in [3.8, 4) is 0 Å². The predicted octanol–water partition coefficient (Wildman–Crippen LogP) is 0.964. The second-order valence-electron chi connectivity index (χ2n) is 6.67. The summed E-state index contributed by atoms with van der Waals surface area (Å²) >= 11 is 0. The number of hydrogen-bond acceptors (Lipinski definition) is 5. The van der Waals surface area contributed by atoms with Crippen LogP contribution in [0.25, 0.3) is 11.0 Å². The maximum atomic E-state index is 12.5. The third-order valence-electron chi connectivity index (χ3n) is 5.19. The van der Waals surface area contributed by atoms with Crippen LogP contribution in [0.3, 0.4) is 0 Å². The third-order valence-corrected chi connectivity index (χ3v) is 5.19. The van der Waals surface area contributed by atoms with Crippen molar-refractivity contribution in [1.82, 2.24) is 19.9 Å². The second-order valence-corrected chi connectivity index (χ2v) is 6.67. The summed E-state index contributed by atoms with van der Waals surface area (Å²) in [5, 5.41) is 18.9. The normalized spacial score (nSPS) is 23.7. The molecule has 7 nitrogen and oxygen atoms in total. The molecule has 7 heteroatoms. The summed E-state index contributed by atoms with van der Waals surface area (Å²) in [6.45, 7) is 2.06. The fourth-order valence-corrected chi connectivity index (χ4v) is 3.72. The molecule has 0 unspecified atom stereocenters. The van der Waals surface area contributed by atoms with Crippen LogP contribution in [0.1, 0.15) is 25.7 Å². The number of ether oxygens (including phenoxy) is 1. The Morgan fingerprint density at radius 1 is 1.25 bits per heavy atom. The maximum absolute atomic E-state index is 12.5. The minimum absolute atomic E-state index is 0.00968. The van der Waals surface area contributed by atoms with E-state index < -0.39 is 11.7 Å². The lowest BCUT2D eigenvalue weighted by atomic mass is 9.82. The Hall–Kier alpha value is -1.99. The molecule has 1 spiro atoms. The molecule has 2 aliphatic rings. The summed E-state index contributed by atoms with van der Waals surface area (Å²) in [6, 6.07) is 7.58. The number of carbonyl (C=O) groups is 1. The number of amides is 1. The van der Waals surface area contributed by atoms with E-state index >= 15 is 0 Å². The first-order chi connectivity index (χ1) is 11.7. The molecular formula is C17H22N4O3. The van der Waals surface area contributed by atoms with E-state index in [4.69, 9.17) is 4.74 Å². The number of rotatable bonds is 2. The first-order valence-electron chi connectivity index (χ1n) is 8.56. The molecule has 3 heterocycles. The molecule has 1 aromatic heterocycles. The van der Waals surface area contributed by atoms with Crippen molar-refractivity contribution in [2.75, 3.05) is 19.7 Å². The summed E-state index contributed by atoms with van der Waals surface area (Å²) in [7, 11) is 0. The second kappa shape index (κ2) is 6.14. The van der Waals surface area contributed by atoms with Crippen LogP contribution in [0.2, 0.25) is 0 Å². The van der Waals surface area contributed by atoms with E-state index in [0.29, 0.717) is 32.5 Å². The van der Waals surface area contributed by atoms with Crippen LogP contribution < -0.4 is 0 Å². The zero-order valence-corrected chi connectivity index (χ0v) is 13.6. The van der Waals surface area contributed by atoms with Crippen molar-refractivity contribution < 1.29 is 14.6 Å². The number of aromatic nitrogens is 3. The number of carbonyl (C=O) groups excluding carboxylic acids is 1. The SMILES string of the molecule is O=C(Cn1nc2ccccc2n1)N1CCC2(CC1)OCCC[C@H]2O. The monoisotopic (exact) mass is 330 g/mol. The van der Waals surface area contributed by atoms with Crippen LogP contribution in [0.15, 0.2) is 24.3 Å². The molecule has 128 valence electrons. The van der Waals surface area contributed by atoms with Gasteiger partial charge in [0.15, 0.2) is 0 Å². The Kier molecular flexibility index (Phi) is 3.97. The number of aliphatic hydroxyl groups excluding tert-OH is 1. The van der Waals surface area contributed by atoms with Crippen molar-refractivity contribution in [1.29, 1.82) is 0 Å². The Labute approximate surface area is 140 Å². The van der Waals surface area contributed by atoms with E-state index in [0.717, 1.165) is 23.9 Å². The third kappa shape index (κ3) is 2.78. The maximum Gasteiger partial charge on any atom is 0.246 e. The molecular weight excluding hydrogens is 308 g/mol. The van der Waals surface area contributed by atoms with Crippen LogP contribution >= 0.6 is 0 Å². The average Bonchev–Trinajstić information content (AvgIpc) is 3.00. The van der Waals surface area contributed by atoms with Gasteiger partial charge < -0.3 is 14.7 Å². The van der Waals surface area contributed by atoms with E-state index in [9.17, 15) is 9.90 Å². The summed E-state index contributed by atoms with van der Waals surface area (Å²) in [4.78, 5) is 15.8. The molecule has 0 aliphatic carbocycles. The van der Waals surface area contributed by atoms with Gasteiger partial charge in [0, 0.05) is 19.7 Å². The summed E-state index contributed by atoms with van der Waals surface area (Å²) in [5.74, 6) is 0.00968. The van der Waals surface area contributed by atoms with Gasteiger partial charge in [-0.3, -0.25) is 4.79 Å². The molecule has 2 fully saturated rings. The molecule has 0 bridgehead atoms. The number of benzene rings is 1. The number of aliphatic hydroxyl groups is 1. The Balaban J connectivity index is 1.39. The largest absolute Gasteiger partial charge is 0.390 e. The lowest BCUT2D eigenvalue weighted by Gasteiger charge is -2.46. The van der Waals surface area contributed by atoms with Crippen LogP contribution in [-0.2, 0) is 16.1 Å². The van der Waals surface area contributed by atoms with Gasteiger partial charge in [-0.25, -0.2) is 0 Å². The lowest BCUT2D eigenvalue weighted by Crippen LogP contribution is -2.56. The number of fused-ring (bicyclic) bond motifs is 1. The van der Waals surface area contributed by atoms with Gasteiger partial charge in [0.05, 0.1) is 11.7 Å². The van der Waals surface area contributed by atoms with Gasteiger partial charge in [-0.1, -0.05) is 12.1 Å². The minimum atomic E-state index is -0.451. The first-order valence-corrected chi connectivity index (χ1v) is 8.56. The smallest absolute Gasteiger partial charge is 0.246 e. The van der Waals surface area contributed by atoms with Crippen LogP contribution in [-0.4, -0.2) is 62.3 Å². The fourth-order valence-electron chi connectivity index (χ4n) is 3.72. The summed E-state index contributed by atoms with van der Waals surface area (Å²) in [5.41, 5.74) is 1.14. The Morgan fingerprint density at radius 3 is 2.54 bits per heavy atom. The molecule has 4 rings (SSSR count). The summed E-state index contributed by atoms with van der Waals surface area (Å²) < 4.78 is 5.89. The van der Waals surface area contributed by atoms with E-state index in [-0.39, 0.29) is 12.5 Å². The fraction of sp³-hybridized carbons (Fsp3) is 0.588. The van der Waals surface area contributed by atoms with E-state index in [1.807, 2.05) is 29.2 Å². The molecule has 0 radical (unpaired) electrons. The van der Waals surface area contributed by atoms with Gasteiger partial charge in [-0.15, -0.1) is 0 Å². The molecule has 1 atom stereocenters. The molecule has 2 aromatic rings. The van der Waals surface area contributed by atoms with Crippen LogP contribution in [0.5, 0.6) is 0 Å². The van der Waals surface area contributed by atoms with Gasteiger partial charge >= 0.3 is 0 Å². The molecule has 1 aromatic carbocycles. The average molecular weight is 330 g/mol. The number of piperidine rings is 1. The quantitative estimate of drug-likeness (QED) is 0.887. The van der Waals surface area contributed by atoms with Crippen molar-refractivity contribution in [2.45, 2.75) is 43.9 Å². The van der Waals surface area contributed by atoms with E-state index in [1.54, 1.807) is 0 Å². The molecule has 1 N–H and O–H groups in total. The Morgan fingerprint density at radius 2 is 1.92 bits per heavy atom. The molecule has 2 saturated heterocycles. The topological polar surface area (TPSA) is 80.5 Å². The van der Waals surface area contributed by atoms with E-state index in [1.165, 1.54) is 4.80 Å². The van der Waals surface area contributed by atoms with Crippen molar-refractivity contribution in [3.63, 3.8) is 0 Å². The molecule has 24 heavy (non-hydrogen) atoms. The van der Waals surface area contributed by atoms with Crippen LogP contribution in [0, 0.1) is 0 Å². The highest BCUT2D eigenvalue weighted by atomic mass is 16.5. The zero-order valence-electron chi connectivity index (χ0n) is 13.6. The number of nitrogens with zero attached hydrogens (tertiary/aromatic N) is 4. The highest BCUT2D eigenvalue weighted by Crippen LogP contribution is 2.35. The standard InChI is InChI=1S/C17H22N4O3/c22-15-6-3-11-24-17(15)7-9-20(10-8-17)16(23)12-21-18-13-4-1-2-5-14(13)19-21/h1-2,4-5,15,22H,3,6-12H2/t15-/m1/s1. The van der Waals surface area contributed by atoms with Crippen molar-refractivity contribution in [2.24, 2.45) is 0 Å². The predicted molar refractivity (Wildman–Crippen MR) is 87.3 cm³/mol. The lowest BCUT2D eigenvalue weighted by molar-refractivity contribution is -0.180. The summed E-state index contributed by atoms with van der Waals surface area (Å²) in [6.07, 6.45) is 2.66. The molecule has 1 amide bonds. The van der Waals surface area contributed by atoms with Crippen LogP contribution in [0.4, 0.5) is 0 Å². The number of likely N-dealkylation sites (tertiary alicyclic amines) is 1. The van der Waals surface area contributed by atoms with Gasteiger partial charge in [0.1, 0.15) is 17.6 Å². The minimum Gasteiger partial charge on any atom is -0.390 e. The highest BCUT2D eigenvalue weighted by molar-refractivity contribution is 5.77. The number of hydrogen-bond donors (Lipinski definition) is 1. The van der Waals surface area contributed by atoms with Gasteiger partial charge in [-0.05, 0) is 37.8 Å². The Bertz CT molecular complexity index is 703. The highest BCUT2D eigenvalue weighted by Gasteiger charge is 2.44. The van der Waals surface area contributed by atoms with Gasteiger partial charge in [0.2, 0.25) is 5.91 Å². The molecule has 2 aliphatic heterocycles. The van der Waals surface area contributed by atoms with Gasteiger partial charge in [0.25, 0.3) is 0 Å².